The number of rotatable bonds is 7. The predicted molar refractivity (Wildman–Crippen MR) is 124 cm³/mol. The van der Waals surface area contributed by atoms with Gasteiger partial charge in [0.25, 0.3) is 5.91 Å². The zero-order valence-corrected chi connectivity index (χ0v) is 17.0. The van der Waals surface area contributed by atoms with Gasteiger partial charge in [0.1, 0.15) is 5.75 Å². The van der Waals surface area contributed by atoms with E-state index in [0.29, 0.717) is 18.1 Å². The Morgan fingerprint density at radius 2 is 1.93 bits per heavy atom. The van der Waals surface area contributed by atoms with E-state index in [1.165, 1.54) is 0 Å². The summed E-state index contributed by atoms with van der Waals surface area (Å²) in [4.78, 5) is 17.3. The summed E-state index contributed by atoms with van der Waals surface area (Å²) in [6.07, 6.45) is 1.01. The molecule has 0 bridgehead atoms. The summed E-state index contributed by atoms with van der Waals surface area (Å²) in [5.41, 5.74) is 12.5. The first-order chi connectivity index (χ1) is 14.6. The number of ether oxygens (including phenoxy) is 1. The first-order valence-electron chi connectivity index (χ1n) is 10.0. The average Bonchev–Trinajstić information content (AvgIpc) is 3.23. The molecule has 1 amide bonds. The molecule has 4 N–H and O–H groups in total. The molecule has 0 saturated carbocycles. The molecule has 3 aromatic rings. The Labute approximate surface area is 178 Å². The quantitative estimate of drug-likeness (QED) is 0.432. The first kappa shape index (κ1) is 19.7. The number of pyridine rings is 1. The lowest BCUT2D eigenvalue weighted by atomic mass is 10.1. The molecule has 4 rings (SSSR count). The summed E-state index contributed by atoms with van der Waals surface area (Å²) in [6, 6.07) is 18.7. The highest BCUT2D eigenvalue weighted by Gasteiger charge is 2.13. The molecule has 0 aliphatic carbocycles. The van der Waals surface area contributed by atoms with Gasteiger partial charge in [0.05, 0.1) is 18.0 Å². The fourth-order valence-corrected chi connectivity index (χ4v) is 3.04. The number of hydrogen-bond acceptors (Lipinski definition) is 6. The maximum Gasteiger partial charge on any atom is 0.255 e. The van der Waals surface area contributed by atoms with Crippen LogP contribution in [0.15, 0.2) is 60.7 Å². The van der Waals surface area contributed by atoms with Crippen LogP contribution in [0.1, 0.15) is 33.5 Å². The molecule has 7 nitrogen and oxygen atoms in total. The highest BCUT2D eigenvalue weighted by Crippen LogP contribution is 2.27. The van der Waals surface area contributed by atoms with E-state index in [2.05, 4.69) is 40.5 Å². The predicted octanol–water partition coefficient (Wildman–Crippen LogP) is 5.17. The van der Waals surface area contributed by atoms with Crippen molar-refractivity contribution in [2.75, 3.05) is 22.8 Å². The number of hydrogen-bond donors (Lipinski definition) is 4. The van der Waals surface area contributed by atoms with Gasteiger partial charge in [-0.15, -0.1) is 5.53 Å². The maximum absolute atomic E-state index is 12.7. The molecule has 2 aromatic carbocycles. The highest BCUT2D eigenvalue weighted by molar-refractivity contribution is 6.05. The second-order valence-electron chi connectivity index (χ2n) is 7.56. The normalized spacial score (nSPS) is 12.1. The Morgan fingerprint density at radius 3 is 2.73 bits per heavy atom. The third-order valence-electron chi connectivity index (χ3n) is 4.77. The van der Waals surface area contributed by atoms with Gasteiger partial charge in [-0.1, -0.05) is 26.0 Å². The van der Waals surface area contributed by atoms with Crippen LogP contribution in [0.25, 0.3) is 11.3 Å². The van der Waals surface area contributed by atoms with E-state index in [-0.39, 0.29) is 8.76 Å². The second kappa shape index (κ2) is 8.84. The average molecular weight is 408 g/mol. The van der Waals surface area contributed by atoms with E-state index in [9.17, 15) is 4.79 Å². The van der Waals surface area contributed by atoms with Crippen LogP contribution in [0.4, 0.5) is 17.2 Å². The van der Waals surface area contributed by atoms with Crippen molar-refractivity contribution in [2.45, 2.75) is 20.3 Å². The monoisotopic (exact) mass is 407 g/mol. The van der Waals surface area contributed by atoms with Crippen LogP contribution < -0.4 is 26.4 Å². The van der Waals surface area contributed by atoms with Crippen molar-refractivity contribution in [3.63, 3.8) is 0 Å². The number of benzene rings is 2. The number of hydrazine groups is 2. The summed E-state index contributed by atoms with van der Waals surface area (Å²) >= 11 is 0. The minimum Gasteiger partial charge on any atom is -0.494 e. The molecule has 0 unspecified atom stereocenters. The van der Waals surface area contributed by atoms with Gasteiger partial charge >= 0.3 is 0 Å². The van der Waals surface area contributed by atoms with Gasteiger partial charge in [0.2, 0.25) is 0 Å². The van der Waals surface area contributed by atoms with Crippen LogP contribution in [-0.2, 0) is 0 Å². The number of carbonyl (C=O) groups is 1. The molecule has 7 heteroatoms. The van der Waals surface area contributed by atoms with Gasteiger partial charge in [-0.05, 0) is 60.9 Å². The fourth-order valence-electron chi connectivity index (χ4n) is 3.04. The number of fused-ring (bicyclic) bond motifs is 1. The molecule has 2 heterocycles. The van der Waals surface area contributed by atoms with Gasteiger partial charge in [0, 0.05) is 19.7 Å². The fraction of sp³-hybridized carbons (Fsp3) is 0.217. The number of carbonyl (C=O) groups excluding carboxylic acids is 1. The number of nitrogens with zero attached hydrogens (tertiary/aromatic N) is 1. The van der Waals surface area contributed by atoms with E-state index < -0.39 is 0 Å². The Kier molecular flexibility index (Phi) is 5.81. The summed E-state index contributed by atoms with van der Waals surface area (Å²) in [5, 5.41) is 2.93. The first-order valence-corrected chi connectivity index (χ1v) is 10.0. The van der Waals surface area contributed by atoms with E-state index in [4.69, 9.17) is 4.74 Å². The van der Waals surface area contributed by atoms with Crippen LogP contribution in [0, 0.1) is 5.92 Å². The van der Waals surface area contributed by atoms with Crippen molar-refractivity contribution in [2.24, 2.45) is 5.92 Å². The second-order valence-corrected chi connectivity index (χ2v) is 7.56. The van der Waals surface area contributed by atoms with Crippen molar-refractivity contribution in [3.05, 3.63) is 66.2 Å². The molecule has 1 aliphatic heterocycles. The molecule has 1 aliphatic rings. The molecule has 0 spiro atoms. The van der Waals surface area contributed by atoms with Crippen molar-refractivity contribution in [1.29, 1.82) is 0 Å². The molecule has 0 saturated heterocycles. The van der Waals surface area contributed by atoms with Crippen molar-refractivity contribution >= 4 is 23.1 Å². The van der Waals surface area contributed by atoms with Gasteiger partial charge in [-0.25, -0.2) is 4.98 Å². The van der Waals surface area contributed by atoms with Crippen LogP contribution >= 0.6 is 0 Å². The zero-order chi connectivity index (χ0) is 20.9. The van der Waals surface area contributed by atoms with Crippen molar-refractivity contribution in [3.8, 4) is 17.0 Å². The van der Waals surface area contributed by atoms with Gasteiger partial charge < -0.3 is 15.5 Å². The lowest BCUT2D eigenvalue weighted by Crippen LogP contribution is -2.19. The third kappa shape index (κ3) is 4.69. The van der Waals surface area contributed by atoms with Crippen molar-refractivity contribution < 1.29 is 12.4 Å². The SMILES string of the molecule is CC(C)CCOc1ccc(NC(=O)c2cccc(-c3ccc4c(n3)NNN4)c2)cc1.[HH].[HH]. The largest absolute Gasteiger partial charge is 0.494 e. The lowest BCUT2D eigenvalue weighted by molar-refractivity contribution is 0.102. The Morgan fingerprint density at radius 1 is 1.10 bits per heavy atom. The van der Waals surface area contributed by atoms with Crippen LogP contribution in [0.2, 0.25) is 0 Å². The topological polar surface area (TPSA) is 87.3 Å². The number of amides is 1. The van der Waals surface area contributed by atoms with Crippen molar-refractivity contribution in [1.82, 2.24) is 10.5 Å². The lowest BCUT2D eigenvalue weighted by Gasteiger charge is -2.10. The third-order valence-corrected chi connectivity index (χ3v) is 4.77. The number of nitrogens with one attached hydrogen (secondary N) is 4. The molecule has 158 valence electrons. The molecule has 0 radical (unpaired) electrons. The zero-order valence-electron chi connectivity index (χ0n) is 17.0. The smallest absolute Gasteiger partial charge is 0.255 e. The van der Waals surface area contributed by atoms with E-state index in [1.807, 2.05) is 54.6 Å². The Bertz CT molecular complexity index is 1040. The van der Waals surface area contributed by atoms with E-state index in [0.717, 1.165) is 40.6 Å². The molecule has 1 aromatic heterocycles. The van der Waals surface area contributed by atoms with Crippen LogP contribution in [0.5, 0.6) is 5.75 Å². The number of aromatic nitrogens is 1. The highest BCUT2D eigenvalue weighted by atomic mass is 16.5. The summed E-state index contributed by atoms with van der Waals surface area (Å²) in [7, 11) is 0. The Balaban J connectivity index is 0.00000181. The molecule has 0 atom stereocenters. The van der Waals surface area contributed by atoms with E-state index >= 15 is 0 Å². The molecule has 30 heavy (non-hydrogen) atoms. The van der Waals surface area contributed by atoms with Gasteiger partial charge in [-0.2, -0.15) is 0 Å². The number of anilines is 3. The summed E-state index contributed by atoms with van der Waals surface area (Å²) in [6.45, 7) is 5.03. The molecule has 0 fully saturated rings. The minimum absolute atomic E-state index is 0. The standard InChI is InChI=1S/C23H25N5O2.2H2/c1-15(2)12-13-30-19-8-6-18(7-9-19)24-23(29)17-5-3-4-16(14-17)20-10-11-21-22(25-20)27-28-26-21;;/h3-11,14-15,26,28H,12-13H2,1-2H3,(H,24,29)(H,25,27);2*1H. The minimum atomic E-state index is -0.173. The van der Waals surface area contributed by atoms with E-state index in [1.54, 1.807) is 6.07 Å². The summed E-state index contributed by atoms with van der Waals surface area (Å²) < 4.78 is 5.72. The molecular formula is C23H29N5O2. The molecular weight excluding hydrogens is 378 g/mol. The summed E-state index contributed by atoms with van der Waals surface area (Å²) in [5.74, 6) is 1.96. The van der Waals surface area contributed by atoms with Gasteiger partial charge in [0.15, 0.2) is 5.82 Å². The maximum atomic E-state index is 12.7. The Hall–Kier alpha value is -3.58. The van der Waals surface area contributed by atoms with Crippen LogP contribution in [0.3, 0.4) is 0 Å². The van der Waals surface area contributed by atoms with Gasteiger partial charge in [-0.3, -0.25) is 10.2 Å². The van der Waals surface area contributed by atoms with Crippen LogP contribution in [-0.4, -0.2) is 17.5 Å².